The van der Waals surface area contributed by atoms with Gasteiger partial charge in [-0.25, -0.2) is 4.79 Å². The molecule has 2 aliphatic rings. The molecule has 2 aliphatic heterocycles. The number of nitrogens with two attached hydrogens (primary N) is 1. The molecule has 2 heterocycles. The molecule has 0 saturated carbocycles. The Morgan fingerprint density at radius 3 is 2.62 bits per heavy atom. The number of piperazine rings is 1. The Kier molecular flexibility index (Phi) is 4.53. The second-order valence-electron chi connectivity index (χ2n) is 6.24. The first kappa shape index (κ1) is 16.4. The van der Waals surface area contributed by atoms with Gasteiger partial charge in [-0.3, -0.25) is 14.5 Å². The minimum Gasteiger partial charge on any atom is -0.341 e. The van der Waals surface area contributed by atoms with Crippen LogP contribution in [0.25, 0.3) is 0 Å². The summed E-state index contributed by atoms with van der Waals surface area (Å²) in [4.78, 5) is 42.2. The third kappa shape index (κ3) is 2.75. The Morgan fingerprint density at radius 1 is 1.25 bits per heavy atom. The molecule has 7 heteroatoms. The number of fused-ring (bicyclic) bond motifs is 1. The first-order valence-electron chi connectivity index (χ1n) is 8.28. The summed E-state index contributed by atoms with van der Waals surface area (Å²) in [5.74, 6) is -0.207. The average molecular weight is 331 g/mol. The van der Waals surface area contributed by atoms with Crippen molar-refractivity contribution in [3.05, 3.63) is 35.9 Å². The Labute approximate surface area is 141 Å². The predicted molar refractivity (Wildman–Crippen MR) is 86.9 cm³/mol. The van der Waals surface area contributed by atoms with Gasteiger partial charge in [0, 0.05) is 13.1 Å². The number of carbonyl (C=O) groups is 3. The molecule has 0 aliphatic carbocycles. The van der Waals surface area contributed by atoms with Gasteiger partial charge >= 0.3 is 6.03 Å². The lowest BCUT2D eigenvalue weighted by Gasteiger charge is -2.34. The summed E-state index contributed by atoms with van der Waals surface area (Å²) in [5.41, 5.74) is 0.924. The number of urea groups is 1. The minimum atomic E-state index is -0.557. The van der Waals surface area contributed by atoms with E-state index >= 15 is 0 Å². The fourth-order valence-corrected chi connectivity index (χ4v) is 3.38. The molecular weight excluding hydrogens is 308 g/mol. The molecule has 0 aromatic heterocycles. The van der Waals surface area contributed by atoms with Gasteiger partial charge in [-0.2, -0.15) is 0 Å². The molecule has 1 aromatic carbocycles. The zero-order chi connectivity index (χ0) is 17.3. The topological polar surface area (TPSA) is 77.5 Å². The highest BCUT2D eigenvalue weighted by molar-refractivity contribution is 6.05. The highest BCUT2D eigenvalue weighted by Gasteiger charge is 2.50. The van der Waals surface area contributed by atoms with E-state index in [1.54, 1.807) is 15.1 Å². The van der Waals surface area contributed by atoms with E-state index in [4.69, 9.17) is 0 Å². The lowest BCUT2D eigenvalue weighted by Crippen LogP contribution is -2.82. The molecule has 0 unspecified atom stereocenters. The maximum absolute atomic E-state index is 12.8. The van der Waals surface area contributed by atoms with Crippen LogP contribution >= 0.6 is 0 Å². The van der Waals surface area contributed by atoms with Gasteiger partial charge in [-0.1, -0.05) is 30.3 Å². The van der Waals surface area contributed by atoms with Crippen molar-refractivity contribution in [2.24, 2.45) is 0 Å². The smallest absolute Gasteiger partial charge is 0.328 e. The number of hydrogen-bond donors (Lipinski definition) is 1. The Hall–Kier alpha value is -2.41. The summed E-state index contributed by atoms with van der Waals surface area (Å²) in [7, 11) is 1.83. The summed E-state index contributed by atoms with van der Waals surface area (Å²) in [6.45, 7) is 3.39. The standard InChI is InChI=1S/C17H22N4O3/c1-12(13-6-4-3-5-7-13)21-16(23)14-11-19(15(22)10-18-2)8-9-20(14)17(21)24/h3-7,12,14,18H,8-11H2,1-2H3/p+1/t12-,14+/m1/s1. The number of carbonyl (C=O) groups excluding carboxylic acids is 3. The molecule has 0 bridgehead atoms. The quantitative estimate of drug-likeness (QED) is 0.750. The Balaban J connectivity index is 1.78. The molecule has 0 spiro atoms. The van der Waals surface area contributed by atoms with E-state index in [-0.39, 0.29) is 30.4 Å². The largest absolute Gasteiger partial charge is 0.341 e. The predicted octanol–water partition coefficient (Wildman–Crippen LogP) is -0.584. The molecule has 3 rings (SSSR count). The monoisotopic (exact) mass is 331 g/mol. The molecule has 1 aromatic rings. The molecule has 2 atom stereocenters. The van der Waals surface area contributed by atoms with Crippen LogP contribution in [0, 0.1) is 0 Å². The van der Waals surface area contributed by atoms with Crippen molar-refractivity contribution >= 4 is 17.8 Å². The van der Waals surface area contributed by atoms with Crippen molar-refractivity contribution in [3.8, 4) is 0 Å². The van der Waals surface area contributed by atoms with Crippen molar-refractivity contribution in [2.45, 2.75) is 19.0 Å². The van der Waals surface area contributed by atoms with Crippen molar-refractivity contribution in [2.75, 3.05) is 33.2 Å². The van der Waals surface area contributed by atoms with Gasteiger partial charge in [-0.15, -0.1) is 0 Å². The summed E-state index contributed by atoms with van der Waals surface area (Å²) in [5, 5.41) is 1.81. The number of imide groups is 1. The van der Waals surface area contributed by atoms with Crippen LogP contribution in [0.4, 0.5) is 4.79 Å². The van der Waals surface area contributed by atoms with E-state index < -0.39 is 6.04 Å². The molecule has 2 N–H and O–H groups in total. The first-order valence-corrected chi connectivity index (χ1v) is 8.28. The van der Waals surface area contributed by atoms with Crippen molar-refractivity contribution < 1.29 is 19.7 Å². The minimum absolute atomic E-state index is 0.00644. The van der Waals surface area contributed by atoms with Crippen LogP contribution in [0.2, 0.25) is 0 Å². The maximum atomic E-state index is 12.8. The Morgan fingerprint density at radius 2 is 1.96 bits per heavy atom. The van der Waals surface area contributed by atoms with Gasteiger partial charge < -0.3 is 15.1 Å². The molecule has 7 nitrogen and oxygen atoms in total. The second-order valence-corrected chi connectivity index (χ2v) is 6.24. The van der Waals surface area contributed by atoms with Crippen molar-refractivity contribution in [1.29, 1.82) is 0 Å². The number of likely N-dealkylation sites (N-methyl/N-ethyl adjacent to an activating group) is 1. The molecule has 2 fully saturated rings. The van der Waals surface area contributed by atoms with Crippen molar-refractivity contribution in [3.63, 3.8) is 0 Å². The van der Waals surface area contributed by atoms with E-state index in [1.807, 2.05) is 44.3 Å². The number of nitrogens with zero attached hydrogens (tertiary/aromatic N) is 3. The number of quaternary nitrogens is 1. The number of hydrogen-bond acceptors (Lipinski definition) is 3. The zero-order valence-corrected chi connectivity index (χ0v) is 14.0. The maximum Gasteiger partial charge on any atom is 0.328 e. The summed E-state index contributed by atoms with van der Waals surface area (Å²) in [6.07, 6.45) is 0. The third-order valence-electron chi connectivity index (χ3n) is 4.76. The van der Waals surface area contributed by atoms with Crippen LogP contribution in [0.5, 0.6) is 0 Å². The lowest BCUT2D eigenvalue weighted by molar-refractivity contribution is -0.616. The van der Waals surface area contributed by atoms with Gasteiger partial charge in [0.2, 0.25) is 0 Å². The van der Waals surface area contributed by atoms with Gasteiger partial charge in [0.05, 0.1) is 19.6 Å². The van der Waals surface area contributed by atoms with Crippen LogP contribution in [0.15, 0.2) is 30.3 Å². The molecule has 2 saturated heterocycles. The SMILES string of the molecule is C[NH2+]CC(=O)N1CCN2C(=O)N([C@H](C)c3ccccc3)C(=O)[C@@H]2C1. The van der Waals surface area contributed by atoms with Crippen LogP contribution in [-0.2, 0) is 9.59 Å². The second kappa shape index (κ2) is 6.60. The van der Waals surface area contributed by atoms with E-state index in [2.05, 4.69) is 0 Å². The molecular formula is C17H23N4O3+. The fraction of sp³-hybridized carbons (Fsp3) is 0.471. The van der Waals surface area contributed by atoms with Gasteiger partial charge in [-0.05, 0) is 12.5 Å². The highest BCUT2D eigenvalue weighted by atomic mass is 16.2. The van der Waals surface area contributed by atoms with Gasteiger partial charge in [0.25, 0.3) is 11.8 Å². The summed E-state index contributed by atoms with van der Waals surface area (Å²) >= 11 is 0. The van der Waals surface area contributed by atoms with Gasteiger partial charge in [0.1, 0.15) is 6.04 Å². The van der Waals surface area contributed by atoms with E-state index in [0.717, 1.165) is 5.56 Å². The fourth-order valence-electron chi connectivity index (χ4n) is 3.38. The number of benzene rings is 1. The average Bonchev–Trinajstić information content (AvgIpc) is 2.86. The van der Waals surface area contributed by atoms with E-state index in [1.165, 1.54) is 4.90 Å². The van der Waals surface area contributed by atoms with Gasteiger partial charge in [0.15, 0.2) is 6.54 Å². The summed E-state index contributed by atoms with van der Waals surface area (Å²) in [6, 6.07) is 8.39. The van der Waals surface area contributed by atoms with Crippen molar-refractivity contribution in [1.82, 2.24) is 14.7 Å². The summed E-state index contributed by atoms with van der Waals surface area (Å²) < 4.78 is 0. The van der Waals surface area contributed by atoms with E-state index in [0.29, 0.717) is 19.6 Å². The number of amides is 4. The molecule has 4 amide bonds. The van der Waals surface area contributed by atoms with Crippen LogP contribution < -0.4 is 5.32 Å². The van der Waals surface area contributed by atoms with Crippen LogP contribution in [0.3, 0.4) is 0 Å². The normalized spacial score (nSPS) is 21.9. The van der Waals surface area contributed by atoms with E-state index in [9.17, 15) is 14.4 Å². The first-order chi connectivity index (χ1) is 11.5. The molecule has 0 radical (unpaired) electrons. The molecule has 24 heavy (non-hydrogen) atoms. The highest BCUT2D eigenvalue weighted by Crippen LogP contribution is 2.30. The Bertz CT molecular complexity index is 648. The molecule has 128 valence electrons. The lowest BCUT2D eigenvalue weighted by atomic mass is 10.1. The van der Waals surface area contributed by atoms with Crippen LogP contribution in [0.1, 0.15) is 18.5 Å². The zero-order valence-electron chi connectivity index (χ0n) is 14.0. The van der Waals surface area contributed by atoms with Crippen LogP contribution in [-0.4, -0.2) is 71.8 Å². The third-order valence-corrected chi connectivity index (χ3v) is 4.76. The number of rotatable bonds is 4.